The summed E-state index contributed by atoms with van der Waals surface area (Å²) in [5.74, 6) is -1.20. The highest BCUT2D eigenvalue weighted by molar-refractivity contribution is 6.55. The van der Waals surface area contributed by atoms with Crippen molar-refractivity contribution in [3.8, 4) is 5.75 Å². The van der Waals surface area contributed by atoms with Gasteiger partial charge in [-0.25, -0.2) is 0 Å². The number of phenolic OH excluding ortho intramolecular Hbond substituents is 1. The zero-order valence-electron chi connectivity index (χ0n) is 8.40. The third kappa shape index (κ3) is 5.38. The van der Waals surface area contributed by atoms with Gasteiger partial charge in [-0.15, -0.1) is 0 Å². The molecule has 5 N–H and O–H groups in total. The molecule has 1 aromatic carbocycles. The molecule has 17 heavy (non-hydrogen) atoms. The van der Waals surface area contributed by atoms with Crippen molar-refractivity contribution < 1.29 is 15.0 Å². The molecule has 4 nitrogen and oxygen atoms in total. The molecule has 0 bridgehead atoms. The first-order valence-electron chi connectivity index (χ1n) is 3.60. The van der Waals surface area contributed by atoms with Gasteiger partial charge in [0.25, 0.3) is 5.97 Å². The van der Waals surface area contributed by atoms with Gasteiger partial charge in [-0.05, 0) is 0 Å². The summed E-state index contributed by atoms with van der Waals surface area (Å²) in [6, 6.07) is 0. The lowest BCUT2D eigenvalue weighted by atomic mass is 10.3. The lowest BCUT2D eigenvalue weighted by Crippen LogP contribution is -1.78. The second-order valence-corrected chi connectivity index (χ2v) is 4.33. The SMILES string of the molecule is CC(=O)O.N.Oc1c(Cl)c(Cl)c(Cl)c(Cl)c1Cl. The minimum atomic E-state index is -0.833. The van der Waals surface area contributed by atoms with Gasteiger partial charge in [0.15, 0.2) is 5.75 Å². The third-order valence-electron chi connectivity index (χ3n) is 1.19. The lowest BCUT2D eigenvalue weighted by molar-refractivity contribution is -0.134. The van der Waals surface area contributed by atoms with Gasteiger partial charge in [0.2, 0.25) is 0 Å². The van der Waals surface area contributed by atoms with Crippen molar-refractivity contribution in [3.63, 3.8) is 0 Å². The molecule has 1 rings (SSSR count). The molecule has 0 saturated heterocycles. The van der Waals surface area contributed by atoms with E-state index in [9.17, 15) is 5.11 Å². The second kappa shape index (κ2) is 8.08. The summed E-state index contributed by atoms with van der Waals surface area (Å²) < 4.78 is 0. The van der Waals surface area contributed by atoms with Crippen LogP contribution in [0.2, 0.25) is 25.1 Å². The number of aromatic hydroxyl groups is 1. The smallest absolute Gasteiger partial charge is 0.300 e. The molecule has 0 amide bonds. The average molecular weight is 343 g/mol. The summed E-state index contributed by atoms with van der Waals surface area (Å²) in [5, 5.41) is 16.4. The van der Waals surface area contributed by atoms with Crippen molar-refractivity contribution in [1.29, 1.82) is 0 Å². The Kier molecular flexibility index (Phi) is 9.15. The van der Waals surface area contributed by atoms with E-state index < -0.39 is 5.97 Å². The van der Waals surface area contributed by atoms with Crippen LogP contribution in [0.15, 0.2) is 0 Å². The van der Waals surface area contributed by atoms with E-state index in [-0.39, 0.29) is 37.0 Å². The molecule has 1 aromatic rings. The monoisotopic (exact) mass is 341 g/mol. The molecule has 98 valence electrons. The van der Waals surface area contributed by atoms with Gasteiger partial charge in [0.05, 0.1) is 15.1 Å². The minimum absolute atomic E-state index is 0. The van der Waals surface area contributed by atoms with E-state index in [1.807, 2.05) is 0 Å². The van der Waals surface area contributed by atoms with Crippen LogP contribution < -0.4 is 6.15 Å². The molecule has 0 fully saturated rings. The Morgan fingerprint density at radius 3 is 1.29 bits per heavy atom. The van der Waals surface area contributed by atoms with Gasteiger partial charge in [-0.1, -0.05) is 58.0 Å². The summed E-state index contributed by atoms with van der Waals surface area (Å²) >= 11 is 27.9. The Bertz CT molecular complexity index is 315. The van der Waals surface area contributed by atoms with E-state index in [2.05, 4.69) is 0 Å². The first-order valence-corrected chi connectivity index (χ1v) is 5.49. The molecule has 0 aliphatic carbocycles. The van der Waals surface area contributed by atoms with E-state index in [1.165, 1.54) is 0 Å². The number of rotatable bonds is 0. The highest BCUT2D eigenvalue weighted by Gasteiger charge is 2.18. The molecule has 0 saturated carbocycles. The normalized spacial score (nSPS) is 8.82. The number of hydrogen-bond donors (Lipinski definition) is 3. The van der Waals surface area contributed by atoms with Crippen molar-refractivity contribution in [2.24, 2.45) is 0 Å². The second-order valence-electron chi connectivity index (χ2n) is 2.44. The Labute approximate surface area is 123 Å². The zero-order valence-corrected chi connectivity index (χ0v) is 12.2. The molecule has 0 aliphatic heterocycles. The third-order valence-corrected chi connectivity index (χ3v) is 3.44. The summed E-state index contributed by atoms with van der Waals surface area (Å²) in [6.45, 7) is 1.08. The van der Waals surface area contributed by atoms with E-state index in [1.54, 1.807) is 0 Å². The van der Waals surface area contributed by atoms with Crippen molar-refractivity contribution in [2.75, 3.05) is 0 Å². The maximum Gasteiger partial charge on any atom is 0.300 e. The molecule has 0 aliphatic rings. The van der Waals surface area contributed by atoms with Gasteiger partial charge < -0.3 is 16.4 Å². The molecule has 9 heteroatoms. The van der Waals surface area contributed by atoms with Gasteiger partial charge in [-0.2, -0.15) is 0 Å². The van der Waals surface area contributed by atoms with E-state index in [0.29, 0.717) is 0 Å². The molecular formula is C8H8Cl5NO3. The Morgan fingerprint density at radius 2 is 1.06 bits per heavy atom. The summed E-state index contributed by atoms with van der Waals surface area (Å²) in [7, 11) is 0. The molecule has 0 aromatic heterocycles. The Hall–Kier alpha value is -0.100. The Balaban J connectivity index is 0. The number of phenols is 1. The van der Waals surface area contributed by atoms with Crippen LogP contribution >= 0.6 is 58.0 Å². The largest absolute Gasteiger partial charge is 0.505 e. The van der Waals surface area contributed by atoms with Crippen LogP contribution in [0.4, 0.5) is 0 Å². The van der Waals surface area contributed by atoms with E-state index in [0.717, 1.165) is 6.92 Å². The number of halogens is 5. The van der Waals surface area contributed by atoms with Crippen LogP contribution in [0.3, 0.4) is 0 Å². The maximum absolute atomic E-state index is 9.20. The molecule has 0 radical (unpaired) electrons. The standard InChI is InChI=1S/C6HCl5O.C2H4O2.H3N/c7-1-2(8)4(10)6(12)5(11)3(1)9;1-2(3)4;/h12H;1H3,(H,3,4);1H3. The number of benzene rings is 1. The summed E-state index contributed by atoms with van der Waals surface area (Å²) in [6.07, 6.45) is 0. The topological polar surface area (TPSA) is 92.5 Å². The van der Waals surface area contributed by atoms with Crippen LogP contribution in [-0.2, 0) is 4.79 Å². The first kappa shape index (κ1) is 19.2. The molecule has 0 spiro atoms. The van der Waals surface area contributed by atoms with Gasteiger partial charge in [-0.3, -0.25) is 4.79 Å². The van der Waals surface area contributed by atoms with E-state index >= 15 is 0 Å². The number of carbonyl (C=O) groups is 1. The highest BCUT2D eigenvalue weighted by atomic mass is 35.5. The summed E-state index contributed by atoms with van der Waals surface area (Å²) in [5.41, 5.74) is 0. The fraction of sp³-hybridized carbons (Fsp3) is 0.125. The quantitative estimate of drug-likeness (QED) is 0.461. The van der Waals surface area contributed by atoms with E-state index in [4.69, 9.17) is 67.9 Å². The molecule has 0 unspecified atom stereocenters. The maximum atomic E-state index is 9.20. The fourth-order valence-corrected chi connectivity index (χ4v) is 1.72. The predicted molar refractivity (Wildman–Crippen MR) is 71.5 cm³/mol. The van der Waals surface area contributed by atoms with Crippen LogP contribution in [0.1, 0.15) is 6.92 Å². The van der Waals surface area contributed by atoms with Gasteiger partial charge in [0.1, 0.15) is 10.0 Å². The number of carboxylic acids is 1. The Morgan fingerprint density at radius 1 is 0.882 bits per heavy atom. The molecule has 0 atom stereocenters. The number of carboxylic acid groups (broad SMARTS) is 1. The summed E-state index contributed by atoms with van der Waals surface area (Å²) in [4.78, 5) is 9.00. The number of hydrogen-bond acceptors (Lipinski definition) is 3. The van der Waals surface area contributed by atoms with Crippen molar-refractivity contribution in [3.05, 3.63) is 25.1 Å². The van der Waals surface area contributed by atoms with Crippen LogP contribution in [0.25, 0.3) is 0 Å². The predicted octanol–water partition coefficient (Wildman–Crippen LogP) is 4.91. The van der Waals surface area contributed by atoms with Crippen LogP contribution in [0.5, 0.6) is 5.75 Å². The van der Waals surface area contributed by atoms with Gasteiger partial charge >= 0.3 is 0 Å². The average Bonchev–Trinajstić information content (AvgIpc) is 2.20. The first-order chi connectivity index (χ1) is 7.20. The number of aliphatic carboxylic acids is 1. The fourth-order valence-electron chi connectivity index (χ4n) is 0.593. The van der Waals surface area contributed by atoms with Crippen molar-refractivity contribution in [1.82, 2.24) is 6.15 Å². The van der Waals surface area contributed by atoms with Crippen molar-refractivity contribution >= 4 is 64.0 Å². The molecular weight excluding hydrogens is 335 g/mol. The molecule has 0 heterocycles. The minimum Gasteiger partial charge on any atom is -0.505 e. The lowest BCUT2D eigenvalue weighted by Gasteiger charge is -2.06. The van der Waals surface area contributed by atoms with Gasteiger partial charge in [0, 0.05) is 6.92 Å². The van der Waals surface area contributed by atoms with Crippen LogP contribution in [-0.4, -0.2) is 16.2 Å². The zero-order chi connectivity index (χ0) is 13.0. The van der Waals surface area contributed by atoms with Crippen molar-refractivity contribution in [2.45, 2.75) is 6.92 Å². The highest BCUT2D eigenvalue weighted by Crippen LogP contribution is 2.47. The van der Waals surface area contributed by atoms with Crippen LogP contribution in [0, 0.1) is 0 Å².